The molecule has 1 aliphatic rings. The molecule has 1 fully saturated rings. The number of carbonyl (C=O) groups excluding carboxylic acids is 1. The number of hydrogen-bond acceptors (Lipinski definition) is 3. The van der Waals surface area contributed by atoms with Crippen LogP contribution in [0.3, 0.4) is 0 Å². The SMILES string of the molecule is CC1CC(NC(=O)CC(O)C(C)C)CC(C)O1. The summed E-state index contributed by atoms with van der Waals surface area (Å²) in [6.45, 7) is 7.88. The summed E-state index contributed by atoms with van der Waals surface area (Å²) in [4.78, 5) is 11.7. The topological polar surface area (TPSA) is 58.6 Å². The fraction of sp³-hybridized carbons (Fsp3) is 0.923. The Morgan fingerprint density at radius 2 is 1.88 bits per heavy atom. The highest BCUT2D eigenvalue weighted by atomic mass is 16.5. The van der Waals surface area contributed by atoms with Crippen LogP contribution in [0.4, 0.5) is 0 Å². The van der Waals surface area contributed by atoms with Gasteiger partial charge in [0.1, 0.15) is 0 Å². The fourth-order valence-corrected chi connectivity index (χ4v) is 2.24. The highest BCUT2D eigenvalue weighted by Gasteiger charge is 2.26. The molecule has 1 heterocycles. The smallest absolute Gasteiger partial charge is 0.222 e. The van der Waals surface area contributed by atoms with Gasteiger partial charge in [-0.2, -0.15) is 0 Å². The van der Waals surface area contributed by atoms with Gasteiger partial charge in [-0.3, -0.25) is 4.79 Å². The fourth-order valence-electron chi connectivity index (χ4n) is 2.24. The molecule has 0 aliphatic carbocycles. The molecule has 0 aromatic heterocycles. The molecule has 4 heteroatoms. The van der Waals surface area contributed by atoms with Gasteiger partial charge >= 0.3 is 0 Å². The Bertz CT molecular complexity index is 245. The van der Waals surface area contributed by atoms with Gasteiger partial charge in [0.2, 0.25) is 5.91 Å². The van der Waals surface area contributed by atoms with Crippen molar-refractivity contribution >= 4 is 5.91 Å². The van der Waals surface area contributed by atoms with E-state index in [9.17, 15) is 9.90 Å². The molecule has 1 rings (SSSR count). The minimum Gasteiger partial charge on any atom is -0.392 e. The lowest BCUT2D eigenvalue weighted by Gasteiger charge is -2.32. The Balaban J connectivity index is 2.35. The second-order valence-electron chi connectivity index (χ2n) is 5.51. The first-order valence-electron chi connectivity index (χ1n) is 6.51. The van der Waals surface area contributed by atoms with Crippen LogP contribution in [0.25, 0.3) is 0 Å². The normalized spacial score (nSPS) is 31.3. The third-order valence-electron chi connectivity index (χ3n) is 3.23. The van der Waals surface area contributed by atoms with E-state index in [0.29, 0.717) is 0 Å². The molecule has 0 radical (unpaired) electrons. The van der Waals surface area contributed by atoms with E-state index < -0.39 is 6.10 Å². The second kappa shape index (κ2) is 6.36. The van der Waals surface area contributed by atoms with E-state index in [1.54, 1.807) is 0 Å². The summed E-state index contributed by atoms with van der Waals surface area (Å²) in [6.07, 6.45) is 1.74. The van der Waals surface area contributed by atoms with E-state index in [1.165, 1.54) is 0 Å². The average Bonchev–Trinajstić information content (AvgIpc) is 2.14. The van der Waals surface area contributed by atoms with E-state index >= 15 is 0 Å². The van der Waals surface area contributed by atoms with Gasteiger partial charge in [-0.25, -0.2) is 0 Å². The van der Waals surface area contributed by atoms with Crippen molar-refractivity contribution in [2.24, 2.45) is 5.92 Å². The lowest BCUT2D eigenvalue weighted by molar-refractivity contribution is -0.126. The third kappa shape index (κ3) is 5.04. The van der Waals surface area contributed by atoms with Crippen molar-refractivity contribution in [2.75, 3.05) is 0 Å². The summed E-state index contributed by atoms with van der Waals surface area (Å²) in [5, 5.41) is 12.6. The molecule has 4 nitrogen and oxygen atoms in total. The molecule has 3 unspecified atom stereocenters. The Morgan fingerprint density at radius 3 is 2.35 bits per heavy atom. The Labute approximate surface area is 104 Å². The zero-order valence-corrected chi connectivity index (χ0v) is 11.3. The zero-order chi connectivity index (χ0) is 13.0. The van der Waals surface area contributed by atoms with Crippen molar-refractivity contribution in [3.63, 3.8) is 0 Å². The maximum Gasteiger partial charge on any atom is 0.222 e. The lowest BCUT2D eigenvalue weighted by Crippen LogP contribution is -2.44. The molecule has 1 aliphatic heterocycles. The predicted octanol–water partition coefficient (Wildman–Crippen LogP) is 1.47. The molecule has 0 bridgehead atoms. The van der Waals surface area contributed by atoms with E-state index in [-0.39, 0.29) is 36.5 Å². The van der Waals surface area contributed by atoms with Crippen LogP contribution in [0.5, 0.6) is 0 Å². The van der Waals surface area contributed by atoms with Crippen LogP contribution < -0.4 is 5.32 Å². The number of nitrogens with one attached hydrogen (secondary N) is 1. The van der Waals surface area contributed by atoms with Crippen molar-refractivity contribution in [3.05, 3.63) is 0 Å². The summed E-state index contributed by atoms with van der Waals surface area (Å²) in [5.41, 5.74) is 0. The van der Waals surface area contributed by atoms with Gasteiger partial charge in [0.05, 0.1) is 24.7 Å². The van der Waals surface area contributed by atoms with Gasteiger partial charge in [0.15, 0.2) is 0 Å². The monoisotopic (exact) mass is 243 g/mol. The average molecular weight is 243 g/mol. The minimum atomic E-state index is -0.551. The molecular formula is C13H25NO3. The van der Waals surface area contributed by atoms with Crippen LogP contribution in [0.2, 0.25) is 0 Å². The first-order valence-corrected chi connectivity index (χ1v) is 6.51. The van der Waals surface area contributed by atoms with E-state index in [1.807, 2.05) is 27.7 Å². The Hall–Kier alpha value is -0.610. The highest BCUT2D eigenvalue weighted by molar-refractivity contribution is 5.76. The van der Waals surface area contributed by atoms with E-state index in [4.69, 9.17) is 4.74 Å². The number of hydrogen-bond donors (Lipinski definition) is 2. The van der Waals surface area contributed by atoms with Gasteiger partial charge in [-0.05, 0) is 32.6 Å². The van der Waals surface area contributed by atoms with Gasteiger partial charge < -0.3 is 15.2 Å². The Kier molecular flexibility index (Phi) is 5.40. The molecule has 1 saturated heterocycles. The number of amides is 1. The van der Waals surface area contributed by atoms with Crippen LogP contribution in [0.1, 0.15) is 47.0 Å². The number of rotatable bonds is 4. The number of aliphatic hydroxyl groups excluding tert-OH is 1. The third-order valence-corrected chi connectivity index (χ3v) is 3.23. The largest absolute Gasteiger partial charge is 0.392 e. The predicted molar refractivity (Wildman–Crippen MR) is 66.6 cm³/mol. The summed E-state index contributed by atoms with van der Waals surface area (Å²) in [6, 6.07) is 0.181. The maximum atomic E-state index is 11.7. The van der Waals surface area contributed by atoms with Crippen molar-refractivity contribution in [2.45, 2.75) is 71.3 Å². The number of carbonyl (C=O) groups is 1. The lowest BCUT2D eigenvalue weighted by atomic mass is 9.99. The van der Waals surface area contributed by atoms with Crippen molar-refractivity contribution in [1.29, 1.82) is 0 Å². The minimum absolute atomic E-state index is 0.0579. The summed E-state index contributed by atoms with van der Waals surface area (Å²) in [7, 11) is 0. The van der Waals surface area contributed by atoms with Crippen LogP contribution in [-0.4, -0.2) is 35.4 Å². The molecule has 100 valence electrons. The van der Waals surface area contributed by atoms with Crippen LogP contribution in [0, 0.1) is 5.92 Å². The van der Waals surface area contributed by atoms with Gasteiger partial charge in [0, 0.05) is 6.04 Å². The van der Waals surface area contributed by atoms with Crippen LogP contribution >= 0.6 is 0 Å². The molecule has 2 N–H and O–H groups in total. The molecule has 17 heavy (non-hydrogen) atoms. The van der Waals surface area contributed by atoms with Gasteiger partial charge in [-0.15, -0.1) is 0 Å². The second-order valence-corrected chi connectivity index (χ2v) is 5.51. The maximum absolute atomic E-state index is 11.7. The van der Waals surface area contributed by atoms with Crippen molar-refractivity contribution < 1.29 is 14.6 Å². The zero-order valence-electron chi connectivity index (χ0n) is 11.3. The van der Waals surface area contributed by atoms with Crippen LogP contribution in [-0.2, 0) is 9.53 Å². The standard InChI is InChI=1S/C13H25NO3/c1-8(2)12(15)7-13(16)14-11-5-9(3)17-10(4)6-11/h8-12,15H,5-7H2,1-4H3,(H,14,16). The Morgan fingerprint density at radius 1 is 1.35 bits per heavy atom. The van der Waals surface area contributed by atoms with Crippen LogP contribution in [0.15, 0.2) is 0 Å². The molecular weight excluding hydrogens is 218 g/mol. The molecule has 3 atom stereocenters. The molecule has 0 aromatic rings. The van der Waals surface area contributed by atoms with E-state index in [2.05, 4.69) is 5.32 Å². The van der Waals surface area contributed by atoms with Crippen molar-refractivity contribution in [3.8, 4) is 0 Å². The van der Waals surface area contributed by atoms with Crippen molar-refractivity contribution in [1.82, 2.24) is 5.32 Å². The van der Waals surface area contributed by atoms with Gasteiger partial charge in [0.25, 0.3) is 0 Å². The summed E-state index contributed by atoms with van der Waals surface area (Å²) >= 11 is 0. The quantitative estimate of drug-likeness (QED) is 0.786. The summed E-state index contributed by atoms with van der Waals surface area (Å²) < 4.78 is 5.62. The van der Waals surface area contributed by atoms with Gasteiger partial charge in [-0.1, -0.05) is 13.8 Å². The molecule has 0 spiro atoms. The van der Waals surface area contributed by atoms with E-state index in [0.717, 1.165) is 12.8 Å². The molecule has 1 amide bonds. The summed E-state index contributed by atoms with van der Waals surface area (Å²) in [5.74, 6) is 0.0609. The number of aliphatic hydroxyl groups is 1. The first-order chi connectivity index (χ1) is 7.88. The molecule has 0 aromatic carbocycles. The first kappa shape index (κ1) is 14.5. The number of ether oxygens (including phenoxy) is 1. The molecule has 0 saturated carbocycles. The highest BCUT2D eigenvalue weighted by Crippen LogP contribution is 2.19.